The SMILES string of the molecule is COc1cccc(C2CN(C(=O)C3CC3)CC2C(=O)NCc2ccc3c(c2)OCO3)c1. The molecule has 7 heteroatoms. The normalized spacial score (nSPS) is 21.8. The Bertz CT molecular complexity index is 1000. The summed E-state index contributed by atoms with van der Waals surface area (Å²) in [5.41, 5.74) is 1.97. The summed E-state index contributed by atoms with van der Waals surface area (Å²) in [6.45, 7) is 1.63. The molecular formula is C24H26N2O5. The number of likely N-dealkylation sites (tertiary alicyclic amines) is 1. The Morgan fingerprint density at radius 3 is 2.74 bits per heavy atom. The van der Waals surface area contributed by atoms with Gasteiger partial charge >= 0.3 is 0 Å². The van der Waals surface area contributed by atoms with E-state index in [2.05, 4.69) is 5.32 Å². The zero-order valence-electron chi connectivity index (χ0n) is 17.5. The molecule has 31 heavy (non-hydrogen) atoms. The van der Waals surface area contributed by atoms with Crippen molar-refractivity contribution in [1.29, 1.82) is 0 Å². The highest BCUT2D eigenvalue weighted by Crippen LogP contribution is 2.39. The van der Waals surface area contributed by atoms with Crippen LogP contribution in [0, 0.1) is 11.8 Å². The molecule has 5 rings (SSSR count). The Balaban J connectivity index is 1.32. The number of amides is 2. The number of benzene rings is 2. The fourth-order valence-electron chi connectivity index (χ4n) is 4.42. The number of methoxy groups -OCH3 is 1. The standard InChI is InChI=1S/C24H26N2O5/c1-29-18-4-2-3-17(10-18)19-12-26(24(28)16-6-7-16)13-20(19)23(27)25-11-15-5-8-21-22(9-15)31-14-30-21/h2-5,8-10,16,19-20H,6-7,11-14H2,1H3,(H,25,27). The van der Waals surface area contributed by atoms with Gasteiger partial charge in [0.05, 0.1) is 13.0 Å². The second-order valence-corrected chi connectivity index (χ2v) is 8.41. The first-order chi connectivity index (χ1) is 15.1. The van der Waals surface area contributed by atoms with Crippen LogP contribution in [0.3, 0.4) is 0 Å². The highest BCUT2D eigenvalue weighted by atomic mass is 16.7. The second kappa shape index (κ2) is 8.13. The molecule has 2 unspecified atom stereocenters. The maximum atomic E-state index is 13.2. The molecule has 0 radical (unpaired) electrons. The first kappa shape index (κ1) is 19.7. The smallest absolute Gasteiger partial charge is 0.231 e. The van der Waals surface area contributed by atoms with Crippen molar-refractivity contribution in [3.8, 4) is 17.2 Å². The Labute approximate surface area is 181 Å². The maximum absolute atomic E-state index is 13.2. The van der Waals surface area contributed by atoms with Gasteiger partial charge < -0.3 is 24.4 Å². The van der Waals surface area contributed by atoms with Gasteiger partial charge in [-0.25, -0.2) is 0 Å². The molecular weight excluding hydrogens is 396 g/mol. The monoisotopic (exact) mass is 422 g/mol. The number of nitrogens with one attached hydrogen (secondary N) is 1. The minimum absolute atomic E-state index is 0.0448. The van der Waals surface area contributed by atoms with Gasteiger partial charge in [-0.05, 0) is 48.2 Å². The van der Waals surface area contributed by atoms with E-state index in [1.54, 1.807) is 7.11 Å². The summed E-state index contributed by atoms with van der Waals surface area (Å²) in [6, 6.07) is 13.5. The lowest BCUT2D eigenvalue weighted by Crippen LogP contribution is -2.35. The fourth-order valence-corrected chi connectivity index (χ4v) is 4.42. The zero-order valence-corrected chi connectivity index (χ0v) is 17.5. The van der Waals surface area contributed by atoms with Crippen molar-refractivity contribution in [2.45, 2.75) is 25.3 Å². The molecule has 162 valence electrons. The van der Waals surface area contributed by atoms with Crippen LogP contribution in [0.25, 0.3) is 0 Å². The molecule has 2 fully saturated rings. The van der Waals surface area contributed by atoms with Gasteiger partial charge in [0.1, 0.15) is 5.75 Å². The van der Waals surface area contributed by atoms with Gasteiger partial charge in [-0.1, -0.05) is 18.2 Å². The summed E-state index contributed by atoms with van der Waals surface area (Å²) in [5, 5.41) is 3.06. The molecule has 2 heterocycles. The Morgan fingerprint density at radius 1 is 1.10 bits per heavy atom. The van der Waals surface area contributed by atoms with E-state index in [-0.39, 0.29) is 36.4 Å². The summed E-state index contributed by atoms with van der Waals surface area (Å²) in [4.78, 5) is 27.8. The van der Waals surface area contributed by atoms with Gasteiger partial charge in [0, 0.05) is 31.5 Å². The molecule has 0 bridgehead atoms. The van der Waals surface area contributed by atoms with Crippen LogP contribution in [0.5, 0.6) is 17.2 Å². The van der Waals surface area contributed by atoms with Crippen molar-refractivity contribution in [3.05, 3.63) is 53.6 Å². The molecule has 1 saturated heterocycles. The van der Waals surface area contributed by atoms with Crippen LogP contribution in [0.4, 0.5) is 0 Å². The van der Waals surface area contributed by atoms with E-state index in [1.807, 2.05) is 47.4 Å². The summed E-state index contributed by atoms with van der Waals surface area (Å²) in [5.74, 6) is 2.08. The minimum Gasteiger partial charge on any atom is -0.497 e. The predicted molar refractivity (Wildman–Crippen MR) is 113 cm³/mol. The third-order valence-corrected chi connectivity index (χ3v) is 6.32. The number of carbonyl (C=O) groups is 2. The van der Waals surface area contributed by atoms with E-state index in [1.165, 1.54) is 0 Å². The predicted octanol–water partition coefficient (Wildman–Crippen LogP) is 2.69. The summed E-state index contributed by atoms with van der Waals surface area (Å²) >= 11 is 0. The average molecular weight is 422 g/mol. The van der Waals surface area contributed by atoms with E-state index >= 15 is 0 Å². The molecule has 2 atom stereocenters. The number of hydrogen-bond donors (Lipinski definition) is 1. The molecule has 7 nitrogen and oxygen atoms in total. The van der Waals surface area contributed by atoms with Gasteiger partial charge in [-0.2, -0.15) is 0 Å². The average Bonchev–Trinajstić information content (AvgIpc) is 3.38. The van der Waals surface area contributed by atoms with Crippen molar-refractivity contribution in [1.82, 2.24) is 10.2 Å². The van der Waals surface area contributed by atoms with E-state index in [4.69, 9.17) is 14.2 Å². The zero-order chi connectivity index (χ0) is 21.4. The maximum Gasteiger partial charge on any atom is 0.231 e. The third-order valence-electron chi connectivity index (χ3n) is 6.32. The van der Waals surface area contributed by atoms with E-state index in [9.17, 15) is 9.59 Å². The molecule has 1 aliphatic carbocycles. The van der Waals surface area contributed by atoms with Crippen LogP contribution in [-0.4, -0.2) is 43.7 Å². The molecule has 2 aromatic rings. The van der Waals surface area contributed by atoms with Crippen LogP contribution in [0.2, 0.25) is 0 Å². The van der Waals surface area contributed by atoms with Crippen LogP contribution >= 0.6 is 0 Å². The van der Waals surface area contributed by atoms with E-state index < -0.39 is 0 Å². The second-order valence-electron chi connectivity index (χ2n) is 8.41. The lowest BCUT2D eigenvalue weighted by molar-refractivity contribution is -0.132. The summed E-state index contributed by atoms with van der Waals surface area (Å²) in [6.07, 6.45) is 1.92. The van der Waals surface area contributed by atoms with E-state index in [0.717, 1.165) is 35.5 Å². The van der Waals surface area contributed by atoms with Crippen molar-refractivity contribution in [2.75, 3.05) is 27.0 Å². The molecule has 3 aliphatic rings. The lowest BCUT2D eigenvalue weighted by Gasteiger charge is -2.19. The van der Waals surface area contributed by atoms with E-state index in [0.29, 0.717) is 25.4 Å². The number of hydrogen-bond acceptors (Lipinski definition) is 5. The van der Waals surface area contributed by atoms with Gasteiger partial charge in [-0.3, -0.25) is 9.59 Å². The van der Waals surface area contributed by atoms with Crippen LogP contribution < -0.4 is 19.5 Å². The number of rotatable bonds is 6. The molecule has 1 N–H and O–H groups in total. The molecule has 2 aromatic carbocycles. The van der Waals surface area contributed by atoms with Crippen molar-refractivity contribution in [3.63, 3.8) is 0 Å². The minimum atomic E-state index is -0.302. The Morgan fingerprint density at radius 2 is 1.94 bits per heavy atom. The van der Waals surface area contributed by atoms with Gasteiger partial charge in [-0.15, -0.1) is 0 Å². The summed E-state index contributed by atoms with van der Waals surface area (Å²) in [7, 11) is 1.63. The number of fused-ring (bicyclic) bond motifs is 1. The fraction of sp³-hybridized carbons (Fsp3) is 0.417. The first-order valence-corrected chi connectivity index (χ1v) is 10.7. The molecule has 0 aromatic heterocycles. The summed E-state index contributed by atoms with van der Waals surface area (Å²) < 4.78 is 16.1. The third kappa shape index (κ3) is 4.04. The molecule has 2 amide bonds. The molecule has 1 saturated carbocycles. The molecule has 0 spiro atoms. The van der Waals surface area contributed by atoms with Crippen LogP contribution in [-0.2, 0) is 16.1 Å². The van der Waals surface area contributed by atoms with Crippen molar-refractivity contribution < 1.29 is 23.8 Å². The quantitative estimate of drug-likeness (QED) is 0.775. The van der Waals surface area contributed by atoms with Crippen molar-refractivity contribution in [2.24, 2.45) is 11.8 Å². The Kier molecular flexibility index (Phi) is 5.18. The van der Waals surface area contributed by atoms with Crippen LogP contribution in [0.1, 0.15) is 29.9 Å². The number of nitrogens with zero attached hydrogens (tertiary/aromatic N) is 1. The number of ether oxygens (including phenoxy) is 3. The van der Waals surface area contributed by atoms with Crippen molar-refractivity contribution >= 4 is 11.8 Å². The lowest BCUT2D eigenvalue weighted by atomic mass is 9.88. The topological polar surface area (TPSA) is 77.1 Å². The van der Waals surface area contributed by atoms with Gasteiger partial charge in [0.15, 0.2) is 11.5 Å². The van der Waals surface area contributed by atoms with Gasteiger partial charge in [0.25, 0.3) is 0 Å². The highest BCUT2D eigenvalue weighted by Gasteiger charge is 2.43. The first-order valence-electron chi connectivity index (χ1n) is 10.7. The number of carbonyl (C=O) groups excluding carboxylic acids is 2. The Hall–Kier alpha value is -3.22. The van der Waals surface area contributed by atoms with Crippen LogP contribution in [0.15, 0.2) is 42.5 Å². The molecule has 2 aliphatic heterocycles. The van der Waals surface area contributed by atoms with Gasteiger partial charge in [0.2, 0.25) is 18.6 Å². The highest BCUT2D eigenvalue weighted by molar-refractivity contribution is 5.85. The largest absolute Gasteiger partial charge is 0.497 e.